The minimum absolute atomic E-state index is 0.189. The second kappa shape index (κ2) is 7.17. The number of likely N-dealkylation sites (tertiary alicyclic amines) is 1. The number of benzene rings is 2. The normalized spacial score (nSPS) is 20.9. The molecule has 2 N–H and O–H groups in total. The molecule has 0 spiro atoms. The zero-order valence-electron chi connectivity index (χ0n) is 16.6. The minimum Gasteiger partial charge on any atom is -0.382 e. The number of hydrogen-bond donors (Lipinski definition) is 1. The van der Waals surface area contributed by atoms with Gasteiger partial charge in [0.1, 0.15) is 5.82 Å². The van der Waals surface area contributed by atoms with Gasteiger partial charge in [0, 0.05) is 30.6 Å². The van der Waals surface area contributed by atoms with Crippen LogP contribution in [-0.4, -0.2) is 55.9 Å². The fourth-order valence-electron chi connectivity index (χ4n) is 3.99. The van der Waals surface area contributed by atoms with E-state index in [0.717, 1.165) is 0 Å². The zero-order valence-corrected chi connectivity index (χ0v) is 17.4. The Bertz CT molecular complexity index is 1140. The fourth-order valence-corrected chi connectivity index (χ4v) is 5.84. The maximum atomic E-state index is 14.8. The molecule has 2 aromatic rings. The minimum atomic E-state index is -3.48. The topological polar surface area (TPSA) is 102 Å². The van der Waals surface area contributed by atoms with Crippen molar-refractivity contribution in [3.63, 3.8) is 0 Å². The predicted octanol–water partition coefficient (Wildman–Crippen LogP) is 1.95. The quantitative estimate of drug-likeness (QED) is 0.780. The molecule has 4 rings (SSSR count). The van der Waals surface area contributed by atoms with Gasteiger partial charge < -0.3 is 15.5 Å². The average Bonchev–Trinajstić information content (AvgIpc) is 3.17. The average molecular weight is 431 g/mol. The smallest absolute Gasteiger partial charge is 0.261 e. The van der Waals surface area contributed by atoms with Gasteiger partial charge in [-0.25, -0.2) is 12.8 Å². The maximum absolute atomic E-state index is 14.8. The molecule has 7 nitrogen and oxygen atoms in total. The lowest BCUT2D eigenvalue weighted by molar-refractivity contribution is -0.127. The van der Waals surface area contributed by atoms with Gasteiger partial charge in [-0.3, -0.25) is 4.79 Å². The molecule has 2 aliphatic heterocycles. The van der Waals surface area contributed by atoms with Crippen molar-refractivity contribution < 1.29 is 22.4 Å². The molecular weight excluding hydrogens is 409 g/mol. The summed E-state index contributed by atoms with van der Waals surface area (Å²) < 4.78 is 39.8. The molecule has 0 aromatic heterocycles. The van der Waals surface area contributed by atoms with Crippen LogP contribution in [0.15, 0.2) is 52.5 Å². The van der Waals surface area contributed by atoms with Gasteiger partial charge in [0.25, 0.3) is 5.91 Å². The summed E-state index contributed by atoms with van der Waals surface area (Å²) in [6.07, 6.45) is -0.649. The van der Waals surface area contributed by atoms with E-state index in [1.807, 2.05) is 11.9 Å². The van der Waals surface area contributed by atoms with Crippen LogP contribution in [0.4, 0.5) is 4.39 Å². The third kappa shape index (κ3) is 3.37. The summed E-state index contributed by atoms with van der Waals surface area (Å²) in [4.78, 5) is 18.3. The first kappa shape index (κ1) is 20.5. The first-order valence-corrected chi connectivity index (χ1v) is 10.9. The lowest BCUT2D eigenvalue weighted by atomic mass is 9.99. The molecular formula is C21H22FN3O4S. The van der Waals surface area contributed by atoms with Crippen molar-refractivity contribution in [1.82, 2.24) is 4.90 Å². The molecule has 2 heterocycles. The van der Waals surface area contributed by atoms with E-state index >= 15 is 0 Å². The number of nitrogens with two attached hydrogens (primary N) is 1. The van der Waals surface area contributed by atoms with Crippen LogP contribution in [0.3, 0.4) is 0 Å². The summed E-state index contributed by atoms with van der Waals surface area (Å²) in [7, 11) is -1.60. The number of oxime groups is 1. The van der Waals surface area contributed by atoms with Crippen LogP contribution < -0.4 is 5.73 Å². The predicted molar refractivity (Wildman–Crippen MR) is 110 cm³/mol. The number of carbonyl (C=O) groups excluding carboxylic acids is 1. The summed E-state index contributed by atoms with van der Waals surface area (Å²) in [5.41, 5.74) is 7.05. The molecule has 0 aliphatic carbocycles. The van der Waals surface area contributed by atoms with Crippen LogP contribution in [-0.2, 0) is 19.5 Å². The second-order valence-electron chi connectivity index (χ2n) is 8.08. The molecule has 0 saturated carbocycles. The SMILES string of the molecule is CN1CC(C)(S(=O)(=O)c2ccc(-c3ccc(C4=NO[C@@H](C(N)=O)C4)cc3F)cc2)C1. The molecule has 1 atom stereocenters. The molecule has 1 amide bonds. The highest BCUT2D eigenvalue weighted by molar-refractivity contribution is 7.93. The Morgan fingerprint density at radius 3 is 2.37 bits per heavy atom. The van der Waals surface area contributed by atoms with Gasteiger partial charge in [0.2, 0.25) is 6.10 Å². The van der Waals surface area contributed by atoms with Crippen LogP contribution in [0, 0.1) is 5.82 Å². The fraction of sp³-hybridized carbons (Fsp3) is 0.333. The molecule has 0 radical (unpaired) electrons. The van der Waals surface area contributed by atoms with Crippen molar-refractivity contribution in [3.05, 3.63) is 53.8 Å². The Morgan fingerprint density at radius 2 is 1.83 bits per heavy atom. The van der Waals surface area contributed by atoms with E-state index in [1.54, 1.807) is 31.2 Å². The molecule has 0 unspecified atom stereocenters. The first-order chi connectivity index (χ1) is 14.1. The highest BCUT2D eigenvalue weighted by atomic mass is 32.2. The van der Waals surface area contributed by atoms with Crippen molar-refractivity contribution in [1.29, 1.82) is 0 Å². The molecule has 0 bridgehead atoms. The van der Waals surface area contributed by atoms with E-state index in [1.165, 1.54) is 18.2 Å². The van der Waals surface area contributed by atoms with Crippen molar-refractivity contribution in [2.75, 3.05) is 20.1 Å². The first-order valence-electron chi connectivity index (χ1n) is 9.46. The van der Waals surface area contributed by atoms with Crippen molar-refractivity contribution >= 4 is 21.5 Å². The van der Waals surface area contributed by atoms with Crippen molar-refractivity contribution in [2.24, 2.45) is 10.9 Å². The Morgan fingerprint density at radius 1 is 1.20 bits per heavy atom. The number of hydrogen-bond acceptors (Lipinski definition) is 6. The van der Waals surface area contributed by atoms with Gasteiger partial charge in [0.15, 0.2) is 9.84 Å². The maximum Gasteiger partial charge on any atom is 0.261 e. The van der Waals surface area contributed by atoms with Gasteiger partial charge in [-0.15, -0.1) is 0 Å². The number of sulfone groups is 1. The summed E-state index contributed by atoms with van der Waals surface area (Å²) >= 11 is 0. The summed E-state index contributed by atoms with van der Waals surface area (Å²) in [5.74, 6) is -1.11. The van der Waals surface area contributed by atoms with E-state index in [2.05, 4.69) is 5.16 Å². The van der Waals surface area contributed by atoms with Crippen LogP contribution in [0.25, 0.3) is 11.1 Å². The molecule has 2 aromatic carbocycles. The van der Waals surface area contributed by atoms with Gasteiger partial charge in [-0.05, 0) is 37.7 Å². The van der Waals surface area contributed by atoms with E-state index in [-0.39, 0.29) is 11.3 Å². The largest absolute Gasteiger partial charge is 0.382 e. The standard InChI is InChI=1S/C21H22FN3O4S/c1-21(11-25(2)12-21)30(27,28)15-6-3-13(4-7-15)16-8-5-14(9-17(16)22)18-10-19(20(23)26)29-24-18/h3-9,19H,10-12H2,1-2H3,(H2,23,26)/t19-/m1/s1. The van der Waals surface area contributed by atoms with E-state index in [4.69, 9.17) is 10.6 Å². The van der Waals surface area contributed by atoms with Gasteiger partial charge in [-0.1, -0.05) is 29.4 Å². The van der Waals surface area contributed by atoms with Gasteiger partial charge in [0.05, 0.1) is 15.4 Å². The Kier molecular flexibility index (Phi) is 4.90. The Hall–Kier alpha value is -2.78. The lowest BCUT2D eigenvalue weighted by Gasteiger charge is -2.45. The highest BCUT2D eigenvalue weighted by Crippen LogP contribution is 2.34. The molecule has 1 saturated heterocycles. The third-order valence-electron chi connectivity index (χ3n) is 5.62. The van der Waals surface area contributed by atoms with Gasteiger partial charge >= 0.3 is 0 Å². The van der Waals surface area contributed by atoms with Crippen LogP contribution >= 0.6 is 0 Å². The van der Waals surface area contributed by atoms with Crippen LogP contribution in [0.1, 0.15) is 18.9 Å². The van der Waals surface area contributed by atoms with Crippen LogP contribution in [0.5, 0.6) is 0 Å². The zero-order chi connectivity index (χ0) is 21.7. The summed E-state index contributed by atoms with van der Waals surface area (Å²) in [5, 5.41) is 3.81. The Balaban J connectivity index is 1.56. The molecule has 158 valence electrons. The second-order valence-corrected chi connectivity index (χ2v) is 10.5. The van der Waals surface area contributed by atoms with E-state index < -0.39 is 32.4 Å². The summed E-state index contributed by atoms with van der Waals surface area (Å²) in [6.45, 7) is 2.71. The van der Waals surface area contributed by atoms with Gasteiger partial charge in [-0.2, -0.15) is 0 Å². The Labute approximate surface area is 174 Å². The molecule has 2 aliphatic rings. The van der Waals surface area contributed by atoms with Crippen LogP contribution in [0.2, 0.25) is 0 Å². The highest BCUT2D eigenvalue weighted by Gasteiger charge is 2.48. The van der Waals surface area contributed by atoms with E-state index in [0.29, 0.717) is 35.5 Å². The summed E-state index contributed by atoms with van der Waals surface area (Å²) in [6, 6.07) is 10.8. The number of amides is 1. The molecule has 1 fully saturated rings. The molecule has 9 heteroatoms. The number of nitrogens with zero attached hydrogens (tertiary/aromatic N) is 2. The molecule has 30 heavy (non-hydrogen) atoms. The number of primary amides is 1. The third-order valence-corrected chi connectivity index (χ3v) is 8.07. The van der Waals surface area contributed by atoms with Crippen molar-refractivity contribution in [2.45, 2.75) is 29.1 Å². The number of carbonyl (C=O) groups is 1. The number of rotatable bonds is 5. The lowest BCUT2D eigenvalue weighted by Crippen LogP contribution is -2.62. The number of halogens is 1. The monoisotopic (exact) mass is 431 g/mol. The van der Waals surface area contributed by atoms with Crippen molar-refractivity contribution in [3.8, 4) is 11.1 Å². The van der Waals surface area contributed by atoms with E-state index in [9.17, 15) is 17.6 Å².